The number of nitrogens with zero attached hydrogens (tertiary/aromatic N) is 2. The Labute approximate surface area is 90.9 Å². The number of halogens is 1. The van der Waals surface area contributed by atoms with Crippen LogP contribution in [0.4, 0.5) is 5.13 Å². The van der Waals surface area contributed by atoms with E-state index in [0.29, 0.717) is 5.13 Å². The predicted molar refractivity (Wildman–Crippen MR) is 59.3 cm³/mol. The molecular weight excluding hydrogens is 266 g/mol. The van der Waals surface area contributed by atoms with Crippen molar-refractivity contribution in [1.82, 2.24) is 9.97 Å². The summed E-state index contributed by atoms with van der Waals surface area (Å²) in [7, 11) is 0. The molecule has 2 N–H and O–H groups in total. The lowest BCUT2D eigenvalue weighted by Crippen LogP contribution is -1.79. The maximum absolute atomic E-state index is 5.63. The first-order valence-corrected chi connectivity index (χ1v) is 5.44. The molecule has 0 bridgehead atoms. The Morgan fingerprint density at radius 3 is 3.21 bits per heavy atom. The summed E-state index contributed by atoms with van der Waals surface area (Å²) in [5.74, 6) is 0. The van der Waals surface area contributed by atoms with Gasteiger partial charge < -0.3 is 10.2 Å². The molecule has 0 fully saturated rings. The normalized spacial score (nSPS) is 11.5. The van der Waals surface area contributed by atoms with Gasteiger partial charge in [0.15, 0.2) is 17.1 Å². The zero-order chi connectivity index (χ0) is 9.71. The minimum absolute atomic E-state index is 0.538. The molecule has 0 aliphatic heterocycles. The molecule has 6 heteroatoms. The van der Waals surface area contributed by atoms with Crippen molar-refractivity contribution >= 4 is 53.7 Å². The monoisotopic (exact) mass is 269 g/mol. The molecule has 2 aromatic heterocycles. The lowest BCUT2D eigenvalue weighted by Gasteiger charge is -1.91. The third-order valence-corrected chi connectivity index (χ3v) is 3.44. The van der Waals surface area contributed by atoms with E-state index in [0.717, 1.165) is 25.8 Å². The average molecular weight is 270 g/mol. The van der Waals surface area contributed by atoms with Gasteiger partial charge in [-0.05, 0) is 22.0 Å². The first-order chi connectivity index (χ1) is 6.75. The van der Waals surface area contributed by atoms with Crippen molar-refractivity contribution in [2.75, 3.05) is 5.73 Å². The summed E-state index contributed by atoms with van der Waals surface area (Å²) >= 11 is 4.81. The van der Waals surface area contributed by atoms with Gasteiger partial charge in [0.25, 0.3) is 0 Å². The second kappa shape index (κ2) is 2.68. The topological polar surface area (TPSA) is 64.9 Å². The summed E-state index contributed by atoms with van der Waals surface area (Å²) in [5, 5.41) is 0.538. The van der Waals surface area contributed by atoms with Crippen LogP contribution in [0.3, 0.4) is 0 Å². The molecular formula is C8H4BrN3OS. The van der Waals surface area contributed by atoms with Crippen LogP contribution in [0.25, 0.3) is 21.3 Å². The van der Waals surface area contributed by atoms with Gasteiger partial charge in [-0.3, -0.25) is 0 Å². The van der Waals surface area contributed by atoms with Crippen molar-refractivity contribution in [3.8, 4) is 0 Å². The van der Waals surface area contributed by atoms with E-state index < -0.39 is 0 Å². The molecule has 0 saturated heterocycles. The molecule has 0 amide bonds. The van der Waals surface area contributed by atoms with Gasteiger partial charge in [0.2, 0.25) is 0 Å². The van der Waals surface area contributed by atoms with Gasteiger partial charge in [0.1, 0.15) is 10.2 Å². The van der Waals surface area contributed by atoms with E-state index in [1.807, 2.05) is 6.07 Å². The zero-order valence-corrected chi connectivity index (χ0v) is 9.22. The molecule has 0 spiro atoms. The van der Waals surface area contributed by atoms with Crippen LogP contribution in [0.5, 0.6) is 0 Å². The van der Waals surface area contributed by atoms with Crippen LogP contribution in [0.1, 0.15) is 0 Å². The fraction of sp³-hybridized carbons (Fsp3) is 0. The first-order valence-electron chi connectivity index (χ1n) is 3.83. The Morgan fingerprint density at radius 1 is 1.50 bits per heavy atom. The maximum atomic E-state index is 5.63. The molecule has 0 aliphatic rings. The van der Waals surface area contributed by atoms with E-state index in [4.69, 9.17) is 10.2 Å². The third-order valence-electron chi connectivity index (χ3n) is 1.93. The number of oxazole rings is 1. The Bertz CT molecular complexity index is 630. The number of aromatic nitrogens is 2. The summed E-state index contributed by atoms with van der Waals surface area (Å²) in [6.07, 6.45) is 1.42. The van der Waals surface area contributed by atoms with Crippen molar-refractivity contribution in [2.45, 2.75) is 0 Å². The smallest absolute Gasteiger partial charge is 0.182 e. The summed E-state index contributed by atoms with van der Waals surface area (Å²) in [6.45, 7) is 0. The lowest BCUT2D eigenvalue weighted by atomic mass is 10.3. The van der Waals surface area contributed by atoms with Crippen LogP contribution in [-0.4, -0.2) is 9.97 Å². The van der Waals surface area contributed by atoms with Crippen LogP contribution in [0.15, 0.2) is 21.3 Å². The van der Waals surface area contributed by atoms with Crippen molar-refractivity contribution in [3.63, 3.8) is 0 Å². The van der Waals surface area contributed by atoms with Crippen molar-refractivity contribution in [2.24, 2.45) is 0 Å². The quantitative estimate of drug-likeness (QED) is 0.682. The van der Waals surface area contributed by atoms with Crippen molar-refractivity contribution in [1.29, 1.82) is 0 Å². The molecule has 0 aliphatic carbocycles. The summed E-state index contributed by atoms with van der Waals surface area (Å²) < 4.78 is 7.12. The second-order valence-electron chi connectivity index (χ2n) is 2.79. The Hall–Kier alpha value is -1.14. The van der Waals surface area contributed by atoms with Gasteiger partial charge in [0.05, 0.1) is 5.52 Å². The Kier molecular flexibility index (Phi) is 1.57. The van der Waals surface area contributed by atoms with Crippen molar-refractivity contribution < 1.29 is 4.42 Å². The average Bonchev–Trinajstić information content (AvgIpc) is 2.69. The number of rotatable bonds is 0. The number of anilines is 1. The van der Waals surface area contributed by atoms with Crippen LogP contribution < -0.4 is 5.73 Å². The first kappa shape index (κ1) is 8.19. The van der Waals surface area contributed by atoms with Crippen LogP contribution in [0, 0.1) is 0 Å². The summed E-state index contributed by atoms with van der Waals surface area (Å²) in [6, 6.07) is 1.90. The van der Waals surface area contributed by atoms with E-state index >= 15 is 0 Å². The highest BCUT2D eigenvalue weighted by Crippen LogP contribution is 2.35. The number of fused-ring (bicyclic) bond motifs is 3. The highest BCUT2D eigenvalue weighted by atomic mass is 79.9. The molecule has 14 heavy (non-hydrogen) atoms. The number of hydrogen-bond donors (Lipinski definition) is 1. The Balaban J connectivity index is 2.64. The SMILES string of the molecule is Nc1nc2cc(Br)c3ncoc3c2s1. The number of hydrogen-bond acceptors (Lipinski definition) is 5. The molecule has 0 unspecified atom stereocenters. The molecule has 70 valence electrons. The van der Waals surface area contributed by atoms with Gasteiger partial charge in [-0.2, -0.15) is 0 Å². The van der Waals surface area contributed by atoms with E-state index in [-0.39, 0.29) is 0 Å². The predicted octanol–water partition coefficient (Wildman–Crippen LogP) is 2.78. The number of benzene rings is 1. The molecule has 3 rings (SSSR count). The lowest BCUT2D eigenvalue weighted by molar-refractivity contribution is 0.605. The van der Waals surface area contributed by atoms with Crippen LogP contribution >= 0.6 is 27.3 Å². The summed E-state index contributed by atoms with van der Waals surface area (Å²) in [4.78, 5) is 8.28. The number of nitrogen functional groups attached to an aromatic ring is 1. The zero-order valence-electron chi connectivity index (χ0n) is 6.82. The molecule has 0 saturated carbocycles. The summed E-state index contributed by atoms with van der Waals surface area (Å²) in [5.41, 5.74) is 8.01. The van der Waals surface area contributed by atoms with Gasteiger partial charge in [-0.1, -0.05) is 11.3 Å². The highest BCUT2D eigenvalue weighted by molar-refractivity contribution is 9.10. The largest absolute Gasteiger partial charge is 0.442 e. The van der Waals surface area contributed by atoms with Crippen molar-refractivity contribution in [3.05, 3.63) is 16.9 Å². The minimum atomic E-state index is 0.538. The maximum Gasteiger partial charge on any atom is 0.182 e. The standard InChI is InChI=1S/C8H4BrN3OS/c9-3-1-4-7(14-8(10)12-4)6-5(3)11-2-13-6/h1-2H,(H2,10,12). The molecule has 4 nitrogen and oxygen atoms in total. The second-order valence-corrected chi connectivity index (χ2v) is 4.67. The van der Waals surface area contributed by atoms with Gasteiger partial charge in [-0.15, -0.1) is 0 Å². The molecule has 2 heterocycles. The highest BCUT2D eigenvalue weighted by Gasteiger charge is 2.12. The Morgan fingerprint density at radius 2 is 2.36 bits per heavy atom. The third kappa shape index (κ3) is 0.978. The molecule has 0 atom stereocenters. The molecule has 3 aromatic rings. The van der Waals surface area contributed by atoms with Gasteiger partial charge in [-0.25, -0.2) is 9.97 Å². The minimum Gasteiger partial charge on any atom is -0.442 e. The number of thiazole rings is 1. The van der Waals surface area contributed by atoms with E-state index in [9.17, 15) is 0 Å². The fourth-order valence-electron chi connectivity index (χ4n) is 1.38. The molecule has 1 aromatic carbocycles. The fourth-order valence-corrected chi connectivity index (χ4v) is 2.67. The van der Waals surface area contributed by atoms with Crippen LogP contribution in [-0.2, 0) is 0 Å². The van der Waals surface area contributed by atoms with E-state index in [2.05, 4.69) is 25.9 Å². The van der Waals surface area contributed by atoms with Gasteiger partial charge in [0, 0.05) is 4.47 Å². The van der Waals surface area contributed by atoms with E-state index in [1.54, 1.807) is 0 Å². The number of nitrogens with two attached hydrogens (primary N) is 1. The van der Waals surface area contributed by atoms with Crippen LogP contribution in [0.2, 0.25) is 0 Å². The van der Waals surface area contributed by atoms with Gasteiger partial charge >= 0.3 is 0 Å². The van der Waals surface area contributed by atoms with E-state index in [1.165, 1.54) is 17.7 Å². The molecule has 0 radical (unpaired) electrons.